The molecule has 4 rings (SSSR count). The number of Topliss-reactive ketones (excluding diaryl/α,β-unsaturated/α-hetero) is 1. The maximum Gasteiger partial charge on any atom is 0.243 e. The Balaban J connectivity index is 1.52. The number of ketones is 1. The summed E-state index contributed by atoms with van der Waals surface area (Å²) in [5, 5.41) is 0.461. The van der Waals surface area contributed by atoms with Gasteiger partial charge in [-0.1, -0.05) is 72.3 Å². The molecule has 1 heterocycles. The monoisotopic (exact) mass is 534 g/mol. The van der Waals surface area contributed by atoms with E-state index in [0.29, 0.717) is 10.7 Å². The number of aromatic nitrogens is 1. The van der Waals surface area contributed by atoms with Crippen LogP contribution in [0.1, 0.15) is 28.5 Å². The van der Waals surface area contributed by atoms with E-state index in [0.717, 1.165) is 16.7 Å². The van der Waals surface area contributed by atoms with E-state index < -0.39 is 16.1 Å². The zero-order valence-corrected chi connectivity index (χ0v) is 21.9. The molecular weight excluding hydrogens is 508 g/mol. The van der Waals surface area contributed by atoms with Crippen molar-refractivity contribution in [3.05, 3.63) is 131 Å². The fourth-order valence-corrected chi connectivity index (χ4v) is 5.52. The van der Waals surface area contributed by atoms with E-state index in [1.54, 1.807) is 30.5 Å². The molecule has 0 N–H and O–H groups in total. The SMILES string of the molecule is COC(C(=O)Cc1ccc(CN(Cc2ccccn2)S(=O)(=O)c2ccc(Cl)cc2)cc1)c1ccccc1. The summed E-state index contributed by atoms with van der Waals surface area (Å²) in [4.78, 5) is 17.3. The van der Waals surface area contributed by atoms with Crippen LogP contribution in [0.25, 0.3) is 0 Å². The highest BCUT2D eigenvalue weighted by atomic mass is 35.5. The average molecular weight is 535 g/mol. The van der Waals surface area contributed by atoms with Gasteiger partial charge in [0.05, 0.1) is 17.1 Å². The van der Waals surface area contributed by atoms with Crippen LogP contribution < -0.4 is 0 Å². The van der Waals surface area contributed by atoms with Crippen LogP contribution in [0.3, 0.4) is 0 Å². The molecule has 4 aromatic rings. The number of pyridine rings is 1. The van der Waals surface area contributed by atoms with Crippen molar-refractivity contribution in [1.82, 2.24) is 9.29 Å². The number of halogens is 1. The Labute approximate surface area is 222 Å². The highest BCUT2D eigenvalue weighted by molar-refractivity contribution is 7.89. The van der Waals surface area contributed by atoms with Crippen molar-refractivity contribution in [2.75, 3.05) is 7.11 Å². The van der Waals surface area contributed by atoms with E-state index in [4.69, 9.17) is 16.3 Å². The third kappa shape index (κ3) is 6.90. The smallest absolute Gasteiger partial charge is 0.243 e. The molecule has 1 unspecified atom stereocenters. The molecule has 0 aliphatic rings. The Morgan fingerprint density at radius 2 is 1.51 bits per heavy atom. The first-order chi connectivity index (χ1) is 17.9. The number of ether oxygens (including phenoxy) is 1. The van der Waals surface area contributed by atoms with Crippen LogP contribution >= 0.6 is 11.6 Å². The van der Waals surface area contributed by atoms with Gasteiger partial charge in [-0.15, -0.1) is 0 Å². The van der Waals surface area contributed by atoms with Gasteiger partial charge < -0.3 is 4.74 Å². The van der Waals surface area contributed by atoms with E-state index in [1.165, 1.54) is 23.5 Å². The van der Waals surface area contributed by atoms with Gasteiger partial charge in [0, 0.05) is 31.3 Å². The predicted molar refractivity (Wildman–Crippen MR) is 143 cm³/mol. The van der Waals surface area contributed by atoms with E-state index in [-0.39, 0.29) is 30.2 Å². The summed E-state index contributed by atoms with van der Waals surface area (Å²) in [5.41, 5.74) is 3.05. The van der Waals surface area contributed by atoms with Gasteiger partial charge in [0.2, 0.25) is 10.0 Å². The van der Waals surface area contributed by atoms with E-state index in [9.17, 15) is 13.2 Å². The molecule has 0 fully saturated rings. The number of benzene rings is 3. The number of carbonyl (C=O) groups is 1. The van der Waals surface area contributed by atoms with Crippen molar-refractivity contribution in [3.8, 4) is 0 Å². The Hall–Kier alpha value is -3.36. The predicted octanol–water partition coefficient (Wildman–Crippen LogP) is 5.63. The molecule has 3 aromatic carbocycles. The van der Waals surface area contributed by atoms with Crippen LogP contribution in [0.5, 0.6) is 0 Å². The average Bonchev–Trinajstić information content (AvgIpc) is 2.91. The Morgan fingerprint density at radius 1 is 0.865 bits per heavy atom. The molecule has 0 amide bonds. The molecule has 0 aliphatic carbocycles. The number of hydrogen-bond acceptors (Lipinski definition) is 5. The first kappa shape index (κ1) is 26.7. The number of hydrogen-bond donors (Lipinski definition) is 0. The molecule has 37 heavy (non-hydrogen) atoms. The molecule has 0 saturated heterocycles. The molecule has 6 nitrogen and oxygen atoms in total. The fourth-order valence-electron chi connectivity index (χ4n) is 4.00. The second-order valence-corrected chi connectivity index (χ2v) is 10.9. The van der Waals surface area contributed by atoms with Crippen molar-refractivity contribution >= 4 is 27.4 Å². The third-order valence-electron chi connectivity index (χ3n) is 5.91. The number of nitrogens with zero attached hydrogens (tertiary/aromatic N) is 2. The third-order valence-corrected chi connectivity index (χ3v) is 7.96. The number of methoxy groups -OCH3 is 1. The molecular formula is C29H27ClN2O4S. The lowest BCUT2D eigenvalue weighted by molar-refractivity contribution is -0.128. The normalized spacial score (nSPS) is 12.4. The van der Waals surface area contributed by atoms with Gasteiger partial charge in [-0.3, -0.25) is 9.78 Å². The number of carbonyl (C=O) groups excluding carboxylic acids is 1. The Bertz CT molecular complexity index is 1410. The highest BCUT2D eigenvalue weighted by Gasteiger charge is 2.26. The summed E-state index contributed by atoms with van der Waals surface area (Å²) >= 11 is 5.96. The summed E-state index contributed by atoms with van der Waals surface area (Å²) in [6.45, 7) is 0.249. The molecule has 0 bridgehead atoms. The summed E-state index contributed by atoms with van der Waals surface area (Å²) in [7, 11) is -2.30. The molecule has 1 atom stereocenters. The summed E-state index contributed by atoms with van der Waals surface area (Å²) in [5.74, 6) is -0.0523. The minimum Gasteiger partial charge on any atom is -0.369 e. The summed E-state index contributed by atoms with van der Waals surface area (Å²) < 4.78 is 33.8. The van der Waals surface area contributed by atoms with Crippen LogP contribution in [0.2, 0.25) is 5.02 Å². The van der Waals surface area contributed by atoms with Crippen molar-refractivity contribution in [3.63, 3.8) is 0 Å². The quantitative estimate of drug-likeness (QED) is 0.249. The maximum absolute atomic E-state index is 13.5. The van der Waals surface area contributed by atoms with E-state index in [1.807, 2.05) is 60.7 Å². The lowest BCUT2D eigenvalue weighted by Crippen LogP contribution is -2.30. The fraction of sp³-hybridized carbons (Fsp3) is 0.172. The zero-order valence-electron chi connectivity index (χ0n) is 20.3. The van der Waals surface area contributed by atoms with Crippen LogP contribution in [-0.4, -0.2) is 30.6 Å². The van der Waals surface area contributed by atoms with Crippen LogP contribution in [0.4, 0.5) is 0 Å². The van der Waals surface area contributed by atoms with Gasteiger partial charge >= 0.3 is 0 Å². The van der Waals surface area contributed by atoms with Crippen LogP contribution in [0.15, 0.2) is 108 Å². The lowest BCUT2D eigenvalue weighted by Gasteiger charge is -2.22. The van der Waals surface area contributed by atoms with Crippen LogP contribution in [-0.2, 0) is 39.1 Å². The van der Waals surface area contributed by atoms with Gasteiger partial charge in [0.15, 0.2) is 5.78 Å². The Kier molecular flexibility index (Phi) is 8.84. The van der Waals surface area contributed by atoms with Gasteiger partial charge in [0.25, 0.3) is 0 Å². The minimum absolute atomic E-state index is 0.0523. The van der Waals surface area contributed by atoms with Crippen LogP contribution in [0, 0.1) is 0 Å². The zero-order chi connectivity index (χ0) is 26.3. The maximum atomic E-state index is 13.5. The van der Waals surface area contributed by atoms with Crippen molar-refractivity contribution < 1.29 is 17.9 Å². The van der Waals surface area contributed by atoms with Gasteiger partial charge in [-0.05, 0) is 53.1 Å². The number of rotatable bonds is 11. The molecule has 0 saturated carbocycles. The first-order valence-electron chi connectivity index (χ1n) is 11.7. The van der Waals surface area contributed by atoms with Crippen molar-refractivity contribution in [2.45, 2.75) is 30.5 Å². The minimum atomic E-state index is -3.82. The molecule has 8 heteroatoms. The lowest BCUT2D eigenvalue weighted by atomic mass is 9.99. The largest absolute Gasteiger partial charge is 0.369 e. The molecule has 1 aromatic heterocycles. The topological polar surface area (TPSA) is 76.6 Å². The van der Waals surface area contributed by atoms with Gasteiger partial charge in [0.1, 0.15) is 6.10 Å². The second-order valence-electron chi connectivity index (χ2n) is 8.53. The van der Waals surface area contributed by atoms with Gasteiger partial charge in [-0.2, -0.15) is 4.31 Å². The van der Waals surface area contributed by atoms with Gasteiger partial charge in [-0.25, -0.2) is 8.42 Å². The second kappa shape index (κ2) is 12.3. The standard InChI is InChI=1S/C29H27ClN2O4S/c1-36-29(24-7-3-2-4-8-24)28(33)19-22-10-12-23(13-11-22)20-32(21-26-9-5-6-18-31-26)37(34,35)27-16-14-25(30)15-17-27/h2-18,29H,19-21H2,1H3. The highest BCUT2D eigenvalue weighted by Crippen LogP contribution is 2.24. The van der Waals surface area contributed by atoms with Crippen molar-refractivity contribution in [2.24, 2.45) is 0 Å². The molecule has 190 valence electrons. The molecule has 0 spiro atoms. The van der Waals surface area contributed by atoms with Crippen molar-refractivity contribution in [1.29, 1.82) is 0 Å². The summed E-state index contributed by atoms with van der Waals surface area (Å²) in [6, 6.07) is 28.3. The molecule has 0 radical (unpaired) electrons. The Morgan fingerprint density at radius 3 is 2.14 bits per heavy atom. The molecule has 0 aliphatic heterocycles. The first-order valence-corrected chi connectivity index (χ1v) is 13.5. The van der Waals surface area contributed by atoms with E-state index in [2.05, 4.69) is 4.98 Å². The number of sulfonamides is 1. The van der Waals surface area contributed by atoms with E-state index >= 15 is 0 Å². The summed E-state index contributed by atoms with van der Waals surface area (Å²) in [6.07, 6.45) is 1.20.